The van der Waals surface area contributed by atoms with Gasteiger partial charge in [0.05, 0.1) is 25.4 Å². The van der Waals surface area contributed by atoms with Crippen LogP contribution in [0.4, 0.5) is 0 Å². The zero-order valence-corrected chi connectivity index (χ0v) is 39.2. The Morgan fingerprint density at radius 1 is 0.656 bits per heavy atom. The first-order chi connectivity index (χ1) is 29.4. The second-order valence-electron chi connectivity index (χ2n) is 17.6. The van der Waals surface area contributed by atoms with Crippen molar-refractivity contribution in [3.8, 4) is 0 Å². The Morgan fingerprint density at radius 2 is 1.07 bits per heavy atom. The summed E-state index contributed by atoms with van der Waals surface area (Å²) < 4.78 is 47.5. The standard InChI is InChI=1S/C47H91NO12S/c1-3-5-7-9-11-13-15-17-18-19-20-21-22-23-24-26-27-29-31-33-35-40(50)39(38-58-47-44(53)45(60-61(55,56)57)43(52)42(37-49)59-47)48-46(54)41(51)36-34-32-30-28-25-16-14-12-10-8-6-4-2/h33,35,39-45,47,49-53H,3-32,34,36-38H2,1-2H3,(H,48,54)(H,55,56,57)/b35-33+. The first-order valence-corrected chi connectivity index (χ1v) is 26.0. The van der Waals surface area contributed by atoms with Gasteiger partial charge in [-0.15, -0.1) is 0 Å². The molecule has 0 aliphatic carbocycles. The summed E-state index contributed by atoms with van der Waals surface area (Å²) in [5.41, 5.74) is 0. The molecule has 1 amide bonds. The Hall–Kier alpha value is -1.20. The second-order valence-corrected chi connectivity index (χ2v) is 18.6. The summed E-state index contributed by atoms with van der Waals surface area (Å²) in [6.07, 6.45) is 30.1. The number of allylic oxidation sites excluding steroid dienone is 1. The summed E-state index contributed by atoms with van der Waals surface area (Å²) in [4.78, 5) is 13.1. The van der Waals surface area contributed by atoms with Gasteiger partial charge in [0.2, 0.25) is 5.91 Å². The highest BCUT2D eigenvalue weighted by atomic mass is 32.3. The number of hydrogen-bond donors (Lipinski definition) is 7. The summed E-state index contributed by atoms with van der Waals surface area (Å²) in [7, 11) is -5.12. The lowest BCUT2D eigenvalue weighted by Gasteiger charge is -2.41. The molecule has 0 aromatic rings. The number of carbonyl (C=O) groups is 1. The predicted molar refractivity (Wildman–Crippen MR) is 242 cm³/mol. The molecule has 0 bridgehead atoms. The molecule has 0 aromatic heterocycles. The van der Waals surface area contributed by atoms with Crippen LogP contribution in [0.15, 0.2) is 12.2 Å². The maximum atomic E-state index is 13.1. The zero-order valence-electron chi connectivity index (χ0n) is 38.4. The lowest BCUT2D eigenvalue weighted by atomic mass is 9.99. The summed E-state index contributed by atoms with van der Waals surface area (Å²) in [6, 6.07) is -1.11. The van der Waals surface area contributed by atoms with Crippen molar-refractivity contribution in [3.63, 3.8) is 0 Å². The molecule has 1 heterocycles. The zero-order chi connectivity index (χ0) is 45.0. The molecule has 1 aliphatic rings. The van der Waals surface area contributed by atoms with Gasteiger partial charge in [-0.3, -0.25) is 9.35 Å². The number of rotatable bonds is 42. The minimum absolute atomic E-state index is 0.247. The number of nitrogens with one attached hydrogen (secondary N) is 1. The summed E-state index contributed by atoms with van der Waals surface area (Å²) in [6.45, 7) is 3.23. The van der Waals surface area contributed by atoms with Crippen molar-refractivity contribution >= 4 is 16.3 Å². The number of carbonyl (C=O) groups excluding carboxylic acids is 1. The van der Waals surface area contributed by atoms with Gasteiger partial charge in [0.15, 0.2) is 6.29 Å². The fourth-order valence-electron chi connectivity index (χ4n) is 7.99. The Morgan fingerprint density at radius 3 is 1.48 bits per heavy atom. The third-order valence-electron chi connectivity index (χ3n) is 11.9. The summed E-state index contributed by atoms with van der Waals surface area (Å²) in [5, 5.41) is 55.2. The topological polar surface area (TPSA) is 212 Å². The minimum atomic E-state index is -5.12. The van der Waals surface area contributed by atoms with Crippen molar-refractivity contribution < 1.29 is 57.0 Å². The molecule has 14 heteroatoms. The Labute approximate surface area is 371 Å². The Balaban J connectivity index is 2.53. The molecule has 8 unspecified atom stereocenters. The minimum Gasteiger partial charge on any atom is -0.394 e. The Bertz CT molecular complexity index is 1160. The van der Waals surface area contributed by atoms with Gasteiger partial charge in [0.25, 0.3) is 0 Å². The van der Waals surface area contributed by atoms with Gasteiger partial charge in [-0.1, -0.05) is 212 Å². The van der Waals surface area contributed by atoms with Crippen molar-refractivity contribution in [2.75, 3.05) is 13.2 Å². The highest BCUT2D eigenvalue weighted by Gasteiger charge is 2.48. The first kappa shape index (κ1) is 57.8. The van der Waals surface area contributed by atoms with Gasteiger partial charge in [-0.05, 0) is 19.3 Å². The molecule has 362 valence electrons. The monoisotopic (exact) mass is 894 g/mol. The van der Waals surface area contributed by atoms with E-state index in [1.54, 1.807) is 6.08 Å². The third kappa shape index (κ3) is 30.6. The normalized spacial score (nSPS) is 21.2. The van der Waals surface area contributed by atoms with Crippen LogP contribution < -0.4 is 5.32 Å². The smallest absolute Gasteiger partial charge is 0.394 e. The van der Waals surface area contributed by atoms with Crippen LogP contribution in [0.1, 0.15) is 219 Å². The second kappa shape index (κ2) is 38.1. The average molecular weight is 894 g/mol. The van der Waals surface area contributed by atoms with E-state index in [0.29, 0.717) is 12.8 Å². The van der Waals surface area contributed by atoms with Gasteiger partial charge < -0.3 is 40.3 Å². The van der Waals surface area contributed by atoms with E-state index < -0.39 is 78.5 Å². The van der Waals surface area contributed by atoms with E-state index in [0.717, 1.165) is 38.5 Å². The number of aliphatic hydroxyl groups is 5. The van der Waals surface area contributed by atoms with E-state index >= 15 is 0 Å². The summed E-state index contributed by atoms with van der Waals surface area (Å²) in [5.74, 6) is -0.700. The SMILES string of the molecule is CCCCCCCCCCCCCCCCCCCC/C=C/C(O)C(COC1OC(CO)C(O)C(OS(=O)(=O)O)C1O)NC(=O)C(O)CCCCCCCCCCCCCC. The molecule has 0 aromatic carbocycles. The van der Waals surface area contributed by atoms with E-state index in [1.165, 1.54) is 148 Å². The van der Waals surface area contributed by atoms with Gasteiger partial charge >= 0.3 is 10.4 Å². The van der Waals surface area contributed by atoms with E-state index in [9.17, 15) is 43.3 Å². The predicted octanol–water partition coefficient (Wildman–Crippen LogP) is 8.92. The molecule has 8 atom stereocenters. The van der Waals surface area contributed by atoms with Crippen LogP contribution in [0.2, 0.25) is 0 Å². The van der Waals surface area contributed by atoms with Crippen molar-refractivity contribution in [2.45, 2.75) is 268 Å². The van der Waals surface area contributed by atoms with Crippen molar-refractivity contribution in [2.24, 2.45) is 0 Å². The number of amides is 1. The number of hydrogen-bond acceptors (Lipinski definition) is 11. The molecule has 7 N–H and O–H groups in total. The Kier molecular flexibility index (Phi) is 36.1. The van der Waals surface area contributed by atoms with Crippen LogP contribution in [0.25, 0.3) is 0 Å². The molecule has 0 radical (unpaired) electrons. The van der Waals surface area contributed by atoms with Crippen molar-refractivity contribution in [1.29, 1.82) is 0 Å². The molecule has 1 saturated heterocycles. The van der Waals surface area contributed by atoms with E-state index in [-0.39, 0.29) is 6.42 Å². The lowest BCUT2D eigenvalue weighted by Crippen LogP contribution is -2.61. The molecule has 1 rings (SSSR count). The van der Waals surface area contributed by atoms with Gasteiger partial charge in [0.1, 0.15) is 30.5 Å². The van der Waals surface area contributed by atoms with Crippen LogP contribution >= 0.6 is 0 Å². The average Bonchev–Trinajstić information content (AvgIpc) is 3.23. The largest absolute Gasteiger partial charge is 0.397 e. The number of unbranched alkanes of at least 4 members (excludes halogenated alkanes) is 29. The molecular weight excluding hydrogens is 803 g/mol. The quantitative estimate of drug-likeness (QED) is 0.0174. The van der Waals surface area contributed by atoms with Crippen LogP contribution in [-0.2, 0) is 28.9 Å². The van der Waals surface area contributed by atoms with Crippen LogP contribution in [0.3, 0.4) is 0 Å². The highest BCUT2D eigenvalue weighted by Crippen LogP contribution is 2.26. The fraction of sp³-hybridized carbons (Fsp3) is 0.936. The molecule has 1 fully saturated rings. The first-order valence-electron chi connectivity index (χ1n) is 24.7. The maximum absolute atomic E-state index is 13.1. The van der Waals surface area contributed by atoms with Crippen LogP contribution in [-0.4, -0.2) is 107 Å². The molecular formula is C47H91NO12S. The van der Waals surface area contributed by atoms with E-state index in [2.05, 4.69) is 23.3 Å². The van der Waals surface area contributed by atoms with E-state index in [1.807, 2.05) is 6.08 Å². The van der Waals surface area contributed by atoms with Gasteiger partial charge in [-0.2, -0.15) is 8.42 Å². The maximum Gasteiger partial charge on any atom is 0.397 e. The van der Waals surface area contributed by atoms with Crippen molar-refractivity contribution in [3.05, 3.63) is 12.2 Å². The fourth-order valence-corrected chi connectivity index (χ4v) is 8.50. The molecule has 13 nitrogen and oxygen atoms in total. The van der Waals surface area contributed by atoms with Crippen molar-refractivity contribution in [1.82, 2.24) is 5.32 Å². The lowest BCUT2D eigenvalue weighted by molar-refractivity contribution is -0.298. The van der Waals surface area contributed by atoms with Gasteiger partial charge in [-0.25, -0.2) is 4.18 Å². The highest BCUT2D eigenvalue weighted by molar-refractivity contribution is 7.80. The molecule has 1 aliphatic heterocycles. The van der Waals surface area contributed by atoms with Crippen LogP contribution in [0.5, 0.6) is 0 Å². The van der Waals surface area contributed by atoms with Gasteiger partial charge in [0, 0.05) is 0 Å². The summed E-state index contributed by atoms with van der Waals surface area (Å²) >= 11 is 0. The third-order valence-corrected chi connectivity index (χ3v) is 12.4. The molecule has 0 saturated carbocycles. The molecule has 0 spiro atoms. The number of aliphatic hydroxyl groups excluding tert-OH is 5. The molecule has 61 heavy (non-hydrogen) atoms. The van der Waals surface area contributed by atoms with Crippen LogP contribution in [0, 0.1) is 0 Å². The van der Waals surface area contributed by atoms with E-state index in [4.69, 9.17) is 9.47 Å². The number of ether oxygens (including phenoxy) is 2.